The second-order valence-electron chi connectivity index (χ2n) is 7.69. The lowest BCUT2D eigenvalue weighted by molar-refractivity contribution is -0.125. The molecule has 1 fully saturated rings. The van der Waals surface area contributed by atoms with Crippen LogP contribution in [0.5, 0.6) is 0 Å². The molecule has 23 heavy (non-hydrogen) atoms. The summed E-state index contributed by atoms with van der Waals surface area (Å²) in [6.07, 6.45) is 4.48. The van der Waals surface area contributed by atoms with Crippen molar-refractivity contribution in [2.45, 2.75) is 57.4 Å². The van der Waals surface area contributed by atoms with Crippen LogP contribution in [0, 0.1) is 11.8 Å². The molecular weight excluding hydrogens is 308 g/mol. The number of hydrogen-bond acceptors (Lipinski definition) is 2. The highest BCUT2D eigenvalue weighted by molar-refractivity contribution is 5.85. The molecule has 1 aromatic carbocycles. The van der Waals surface area contributed by atoms with E-state index in [4.69, 9.17) is 5.73 Å². The van der Waals surface area contributed by atoms with Crippen LogP contribution in [0.2, 0.25) is 0 Å². The maximum absolute atomic E-state index is 12.8. The molecule has 3 N–H and O–H groups in total. The molecule has 2 aliphatic rings. The van der Waals surface area contributed by atoms with Gasteiger partial charge in [0.05, 0.1) is 5.54 Å². The van der Waals surface area contributed by atoms with E-state index in [0.717, 1.165) is 19.3 Å². The summed E-state index contributed by atoms with van der Waals surface area (Å²) in [5, 5.41) is 3.24. The van der Waals surface area contributed by atoms with Crippen LogP contribution in [-0.4, -0.2) is 18.0 Å². The van der Waals surface area contributed by atoms with E-state index >= 15 is 0 Å². The third-order valence-corrected chi connectivity index (χ3v) is 6.12. The molecule has 2 aliphatic carbocycles. The lowest BCUT2D eigenvalue weighted by Crippen LogP contribution is -2.55. The van der Waals surface area contributed by atoms with Crippen LogP contribution in [0.4, 0.5) is 0 Å². The molecule has 3 unspecified atom stereocenters. The van der Waals surface area contributed by atoms with Crippen LogP contribution in [0.15, 0.2) is 24.3 Å². The maximum atomic E-state index is 12.8. The van der Waals surface area contributed by atoms with E-state index in [1.54, 1.807) is 0 Å². The number of halogens is 1. The molecule has 0 bridgehead atoms. The average molecular weight is 337 g/mol. The van der Waals surface area contributed by atoms with Gasteiger partial charge in [-0.1, -0.05) is 38.1 Å². The van der Waals surface area contributed by atoms with Crippen LogP contribution >= 0.6 is 12.4 Å². The third-order valence-electron chi connectivity index (χ3n) is 6.12. The molecule has 3 nitrogen and oxygen atoms in total. The summed E-state index contributed by atoms with van der Waals surface area (Å²) >= 11 is 0. The van der Waals surface area contributed by atoms with E-state index < -0.39 is 0 Å². The van der Waals surface area contributed by atoms with Crippen molar-refractivity contribution < 1.29 is 4.79 Å². The summed E-state index contributed by atoms with van der Waals surface area (Å²) in [5.41, 5.74) is 8.56. The predicted molar refractivity (Wildman–Crippen MR) is 96.9 cm³/mol. The summed E-state index contributed by atoms with van der Waals surface area (Å²) in [7, 11) is 0. The SMILES string of the molecule is CC(C)C(C)(CN)NC(=O)C1CC12CCCc1ccccc12.Cl. The normalized spacial score (nSPS) is 27.8. The highest BCUT2D eigenvalue weighted by Gasteiger charge is 2.60. The Labute approximate surface area is 145 Å². The van der Waals surface area contributed by atoms with Gasteiger partial charge >= 0.3 is 0 Å². The number of benzene rings is 1. The number of rotatable bonds is 4. The molecule has 4 heteroatoms. The van der Waals surface area contributed by atoms with E-state index in [1.807, 2.05) is 0 Å². The fourth-order valence-electron chi connectivity index (χ4n) is 3.98. The molecule has 1 amide bonds. The molecule has 0 radical (unpaired) electrons. The van der Waals surface area contributed by atoms with E-state index in [1.165, 1.54) is 17.5 Å². The molecule has 3 rings (SSSR count). The van der Waals surface area contributed by atoms with E-state index in [9.17, 15) is 4.79 Å². The van der Waals surface area contributed by atoms with Gasteiger partial charge in [0.2, 0.25) is 5.91 Å². The number of aryl methyl sites for hydroxylation is 1. The number of hydrogen-bond donors (Lipinski definition) is 2. The second-order valence-corrected chi connectivity index (χ2v) is 7.69. The van der Waals surface area contributed by atoms with Gasteiger partial charge in [0.1, 0.15) is 0 Å². The Balaban J connectivity index is 0.00000192. The number of nitrogens with two attached hydrogens (primary N) is 1. The van der Waals surface area contributed by atoms with Gasteiger partial charge in [-0.15, -0.1) is 12.4 Å². The van der Waals surface area contributed by atoms with Crippen molar-refractivity contribution in [1.82, 2.24) is 5.32 Å². The summed E-state index contributed by atoms with van der Waals surface area (Å²) < 4.78 is 0. The highest BCUT2D eigenvalue weighted by Crippen LogP contribution is 2.60. The van der Waals surface area contributed by atoms with Crippen molar-refractivity contribution in [3.05, 3.63) is 35.4 Å². The summed E-state index contributed by atoms with van der Waals surface area (Å²) in [4.78, 5) is 12.8. The highest BCUT2D eigenvalue weighted by atomic mass is 35.5. The Hall–Kier alpha value is -1.06. The first-order valence-electron chi connectivity index (χ1n) is 8.53. The Kier molecular flexibility index (Phi) is 5.12. The molecule has 3 atom stereocenters. The van der Waals surface area contributed by atoms with Crippen LogP contribution in [-0.2, 0) is 16.6 Å². The molecule has 1 spiro atoms. The zero-order valence-electron chi connectivity index (χ0n) is 14.4. The fraction of sp³-hybridized carbons (Fsp3) is 0.632. The van der Waals surface area contributed by atoms with Gasteiger partial charge in [0.15, 0.2) is 0 Å². The van der Waals surface area contributed by atoms with E-state index in [0.29, 0.717) is 12.5 Å². The van der Waals surface area contributed by atoms with Gasteiger partial charge in [-0.2, -0.15) is 0 Å². The Morgan fingerprint density at radius 2 is 2.13 bits per heavy atom. The first kappa shape index (κ1) is 18.3. The largest absolute Gasteiger partial charge is 0.349 e. The monoisotopic (exact) mass is 336 g/mol. The van der Waals surface area contributed by atoms with Crippen molar-refractivity contribution in [1.29, 1.82) is 0 Å². The number of amides is 1. The van der Waals surface area contributed by atoms with E-state index in [-0.39, 0.29) is 35.2 Å². The van der Waals surface area contributed by atoms with Crippen LogP contribution < -0.4 is 11.1 Å². The van der Waals surface area contributed by atoms with Crippen molar-refractivity contribution in [3.63, 3.8) is 0 Å². The first-order valence-corrected chi connectivity index (χ1v) is 8.53. The summed E-state index contributed by atoms with van der Waals surface area (Å²) in [6.45, 7) is 6.77. The molecule has 0 heterocycles. The first-order chi connectivity index (χ1) is 10.4. The van der Waals surface area contributed by atoms with Crippen molar-refractivity contribution >= 4 is 18.3 Å². The lowest BCUT2D eigenvalue weighted by Gasteiger charge is -2.34. The molecule has 128 valence electrons. The number of fused-ring (bicyclic) bond motifs is 2. The zero-order valence-corrected chi connectivity index (χ0v) is 15.2. The molecule has 0 saturated heterocycles. The van der Waals surface area contributed by atoms with Gasteiger partial charge in [-0.3, -0.25) is 4.79 Å². The zero-order chi connectivity index (χ0) is 16.0. The van der Waals surface area contributed by atoms with Crippen molar-refractivity contribution in [2.75, 3.05) is 6.54 Å². The van der Waals surface area contributed by atoms with Gasteiger partial charge in [-0.25, -0.2) is 0 Å². The minimum Gasteiger partial charge on any atom is -0.349 e. The molecule has 1 aromatic rings. The standard InChI is InChI=1S/C19H28N2O.ClH/c1-13(2)18(3,12-20)21-17(22)16-11-19(16)10-6-8-14-7-4-5-9-15(14)19;/h4-5,7,9,13,16H,6,8,10-12,20H2,1-3H3,(H,21,22);1H. The fourth-order valence-corrected chi connectivity index (χ4v) is 3.98. The van der Waals surface area contributed by atoms with Gasteiger partial charge in [0.25, 0.3) is 0 Å². The van der Waals surface area contributed by atoms with Gasteiger partial charge in [0, 0.05) is 17.9 Å². The van der Waals surface area contributed by atoms with Crippen molar-refractivity contribution in [2.24, 2.45) is 17.6 Å². The Bertz CT molecular complexity index is 588. The number of carbonyl (C=O) groups excluding carboxylic acids is 1. The average Bonchev–Trinajstić information content (AvgIpc) is 3.22. The summed E-state index contributed by atoms with van der Waals surface area (Å²) in [6, 6.07) is 8.67. The summed E-state index contributed by atoms with van der Waals surface area (Å²) in [5.74, 6) is 0.645. The Morgan fingerprint density at radius 1 is 1.43 bits per heavy atom. The van der Waals surface area contributed by atoms with Crippen LogP contribution in [0.3, 0.4) is 0 Å². The topological polar surface area (TPSA) is 55.1 Å². The smallest absolute Gasteiger partial charge is 0.224 e. The molecule has 0 aromatic heterocycles. The lowest BCUT2D eigenvalue weighted by atomic mass is 9.78. The quantitative estimate of drug-likeness (QED) is 0.887. The van der Waals surface area contributed by atoms with E-state index in [2.05, 4.69) is 50.4 Å². The second kappa shape index (κ2) is 6.45. The number of carbonyl (C=O) groups is 1. The van der Waals surface area contributed by atoms with Gasteiger partial charge < -0.3 is 11.1 Å². The molecule has 0 aliphatic heterocycles. The minimum atomic E-state index is -0.310. The van der Waals surface area contributed by atoms with Crippen molar-refractivity contribution in [3.8, 4) is 0 Å². The van der Waals surface area contributed by atoms with Gasteiger partial charge in [-0.05, 0) is 49.7 Å². The minimum absolute atomic E-state index is 0. The Morgan fingerprint density at radius 3 is 2.78 bits per heavy atom. The molecule has 1 saturated carbocycles. The number of nitrogens with one attached hydrogen (secondary N) is 1. The maximum Gasteiger partial charge on any atom is 0.224 e. The molecular formula is C19H29ClN2O. The predicted octanol–water partition coefficient (Wildman–Crippen LogP) is 3.19. The van der Waals surface area contributed by atoms with Crippen LogP contribution in [0.1, 0.15) is 51.2 Å². The third kappa shape index (κ3) is 3.01. The van der Waals surface area contributed by atoms with Crippen LogP contribution in [0.25, 0.3) is 0 Å².